The van der Waals surface area contributed by atoms with E-state index in [9.17, 15) is 8.42 Å². The Kier molecular flexibility index (Phi) is 5.81. The van der Waals surface area contributed by atoms with Crippen molar-refractivity contribution in [2.45, 2.75) is 26.3 Å². The molecule has 1 saturated heterocycles. The molecule has 0 bridgehead atoms. The fourth-order valence-corrected chi connectivity index (χ4v) is 2.49. The zero-order valence-corrected chi connectivity index (χ0v) is 11.4. The van der Waals surface area contributed by atoms with Crippen molar-refractivity contribution in [2.75, 3.05) is 32.8 Å². The molecule has 102 valence electrons. The second-order valence-corrected chi connectivity index (χ2v) is 6.20. The summed E-state index contributed by atoms with van der Waals surface area (Å²) >= 11 is 0. The van der Waals surface area contributed by atoms with Gasteiger partial charge in [-0.3, -0.25) is 4.90 Å². The number of rotatable bonds is 6. The SMILES string of the molecule is CC(C)CC(CNS(N)(=O)=O)N1CCOCC1. The summed E-state index contributed by atoms with van der Waals surface area (Å²) in [6.45, 7) is 7.76. The molecule has 0 aromatic rings. The fourth-order valence-electron chi connectivity index (χ4n) is 2.06. The first-order valence-corrected chi connectivity index (χ1v) is 7.52. The molecule has 0 saturated carbocycles. The topological polar surface area (TPSA) is 84.7 Å². The minimum atomic E-state index is -3.60. The molecule has 17 heavy (non-hydrogen) atoms. The van der Waals surface area contributed by atoms with Crippen LogP contribution in [0.15, 0.2) is 0 Å². The van der Waals surface area contributed by atoms with Gasteiger partial charge in [0.25, 0.3) is 10.2 Å². The van der Waals surface area contributed by atoms with Gasteiger partial charge in [-0.15, -0.1) is 0 Å². The average molecular weight is 265 g/mol. The van der Waals surface area contributed by atoms with Crippen LogP contribution < -0.4 is 9.86 Å². The summed E-state index contributed by atoms with van der Waals surface area (Å²) in [5, 5.41) is 4.96. The summed E-state index contributed by atoms with van der Waals surface area (Å²) in [5.41, 5.74) is 0. The van der Waals surface area contributed by atoms with Gasteiger partial charge in [0.2, 0.25) is 0 Å². The monoisotopic (exact) mass is 265 g/mol. The van der Waals surface area contributed by atoms with E-state index in [1.165, 1.54) is 0 Å². The predicted molar refractivity (Wildman–Crippen MR) is 66.7 cm³/mol. The lowest BCUT2D eigenvalue weighted by molar-refractivity contribution is 0.0134. The molecule has 1 rings (SSSR count). The molecule has 1 heterocycles. The first kappa shape index (κ1) is 14.8. The molecule has 3 N–H and O–H groups in total. The van der Waals surface area contributed by atoms with E-state index in [4.69, 9.17) is 9.88 Å². The first-order valence-electron chi connectivity index (χ1n) is 5.97. The highest BCUT2D eigenvalue weighted by atomic mass is 32.2. The Bertz CT molecular complexity index is 313. The Balaban J connectivity index is 2.52. The number of nitrogens with one attached hydrogen (secondary N) is 1. The van der Waals surface area contributed by atoms with Gasteiger partial charge >= 0.3 is 0 Å². The van der Waals surface area contributed by atoms with Crippen LogP contribution in [0.5, 0.6) is 0 Å². The maximum absolute atomic E-state index is 10.9. The predicted octanol–water partition coefficient (Wildman–Crippen LogP) is -0.474. The van der Waals surface area contributed by atoms with Gasteiger partial charge in [-0.1, -0.05) is 13.8 Å². The highest BCUT2D eigenvalue weighted by Gasteiger charge is 2.22. The Morgan fingerprint density at radius 2 is 1.94 bits per heavy atom. The highest BCUT2D eigenvalue weighted by Crippen LogP contribution is 2.13. The van der Waals surface area contributed by atoms with E-state index < -0.39 is 10.2 Å². The minimum absolute atomic E-state index is 0.192. The zero-order valence-electron chi connectivity index (χ0n) is 10.6. The van der Waals surface area contributed by atoms with Crippen LogP contribution in [0.1, 0.15) is 20.3 Å². The molecule has 0 spiro atoms. The fraction of sp³-hybridized carbons (Fsp3) is 1.00. The van der Waals surface area contributed by atoms with Gasteiger partial charge in [-0.05, 0) is 12.3 Å². The van der Waals surface area contributed by atoms with E-state index in [0.717, 1.165) is 19.5 Å². The third-order valence-corrected chi connectivity index (χ3v) is 3.39. The van der Waals surface area contributed by atoms with Crippen molar-refractivity contribution >= 4 is 10.2 Å². The number of ether oxygens (including phenoxy) is 1. The number of hydrogen-bond acceptors (Lipinski definition) is 4. The quantitative estimate of drug-likeness (QED) is 0.680. The standard InChI is InChI=1S/C10H23N3O3S/c1-9(2)7-10(8-12-17(11,14)15)13-3-5-16-6-4-13/h9-10,12H,3-8H2,1-2H3,(H2,11,14,15). The van der Waals surface area contributed by atoms with Crippen molar-refractivity contribution in [3.63, 3.8) is 0 Å². The number of morpholine rings is 1. The Morgan fingerprint density at radius 3 is 2.41 bits per heavy atom. The Hall–Kier alpha value is -0.210. The molecule has 0 radical (unpaired) electrons. The van der Waals surface area contributed by atoms with Crippen LogP contribution in [0.4, 0.5) is 0 Å². The van der Waals surface area contributed by atoms with Crippen LogP contribution in [-0.4, -0.2) is 52.2 Å². The minimum Gasteiger partial charge on any atom is -0.379 e. The molecular formula is C10H23N3O3S. The number of nitrogens with zero attached hydrogens (tertiary/aromatic N) is 1. The lowest BCUT2D eigenvalue weighted by atomic mass is 10.0. The maximum atomic E-state index is 10.9. The number of nitrogens with two attached hydrogens (primary N) is 1. The second-order valence-electron chi connectivity index (χ2n) is 4.83. The lowest BCUT2D eigenvalue weighted by Crippen LogP contribution is -2.50. The third kappa shape index (κ3) is 6.32. The van der Waals surface area contributed by atoms with E-state index in [-0.39, 0.29) is 6.04 Å². The van der Waals surface area contributed by atoms with E-state index in [1.807, 2.05) is 0 Å². The smallest absolute Gasteiger partial charge is 0.274 e. The molecule has 1 fully saturated rings. The highest BCUT2D eigenvalue weighted by molar-refractivity contribution is 7.87. The lowest BCUT2D eigenvalue weighted by Gasteiger charge is -2.35. The van der Waals surface area contributed by atoms with Gasteiger partial charge in [0.15, 0.2) is 0 Å². The third-order valence-electron chi connectivity index (χ3n) is 2.83. The van der Waals surface area contributed by atoms with E-state index in [0.29, 0.717) is 25.7 Å². The second kappa shape index (κ2) is 6.65. The first-order chi connectivity index (χ1) is 7.88. The van der Waals surface area contributed by atoms with Gasteiger partial charge in [-0.25, -0.2) is 9.86 Å². The van der Waals surface area contributed by atoms with Crippen LogP contribution in [0, 0.1) is 5.92 Å². The molecular weight excluding hydrogens is 242 g/mol. The molecule has 1 atom stereocenters. The Labute approximate surface area is 104 Å². The van der Waals surface area contributed by atoms with Crippen molar-refractivity contribution < 1.29 is 13.2 Å². The van der Waals surface area contributed by atoms with Gasteiger partial charge in [0, 0.05) is 25.7 Å². The summed E-state index contributed by atoms with van der Waals surface area (Å²) in [6, 6.07) is 0.192. The van der Waals surface area contributed by atoms with E-state index >= 15 is 0 Å². The van der Waals surface area contributed by atoms with Gasteiger partial charge in [-0.2, -0.15) is 8.42 Å². The van der Waals surface area contributed by atoms with Crippen LogP contribution in [-0.2, 0) is 14.9 Å². The molecule has 0 aromatic carbocycles. The number of hydrogen-bond donors (Lipinski definition) is 2. The van der Waals surface area contributed by atoms with Crippen molar-refractivity contribution in [1.82, 2.24) is 9.62 Å². The van der Waals surface area contributed by atoms with Crippen molar-refractivity contribution in [2.24, 2.45) is 11.1 Å². The molecule has 7 heteroatoms. The van der Waals surface area contributed by atoms with Gasteiger partial charge in [0.1, 0.15) is 0 Å². The van der Waals surface area contributed by atoms with Crippen LogP contribution in [0.25, 0.3) is 0 Å². The zero-order chi connectivity index (χ0) is 12.9. The summed E-state index contributed by atoms with van der Waals surface area (Å²) in [5.74, 6) is 0.519. The molecule has 1 aliphatic rings. The largest absolute Gasteiger partial charge is 0.379 e. The van der Waals surface area contributed by atoms with Gasteiger partial charge < -0.3 is 4.74 Å². The Morgan fingerprint density at radius 1 is 1.35 bits per heavy atom. The molecule has 1 unspecified atom stereocenters. The molecule has 1 aliphatic heterocycles. The van der Waals surface area contributed by atoms with Crippen LogP contribution >= 0.6 is 0 Å². The van der Waals surface area contributed by atoms with Gasteiger partial charge in [0.05, 0.1) is 13.2 Å². The molecule has 0 aliphatic carbocycles. The van der Waals surface area contributed by atoms with E-state index in [1.54, 1.807) is 0 Å². The molecule has 0 amide bonds. The molecule has 0 aromatic heterocycles. The van der Waals surface area contributed by atoms with Crippen LogP contribution in [0.3, 0.4) is 0 Å². The molecule has 6 nitrogen and oxygen atoms in total. The van der Waals surface area contributed by atoms with E-state index in [2.05, 4.69) is 23.5 Å². The summed E-state index contributed by atoms with van der Waals surface area (Å²) in [7, 11) is -3.60. The average Bonchev–Trinajstić information content (AvgIpc) is 2.24. The summed E-state index contributed by atoms with van der Waals surface area (Å²) < 4.78 is 29.5. The van der Waals surface area contributed by atoms with Crippen molar-refractivity contribution in [3.8, 4) is 0 Å². The summed E-state index contributed by atoms with van der Waals surface area (Å²) in [6.07, 6.45) is 0.947. The van der Waals surface area contributed by atoms with Crippen molar-refractivity contribution in [1.29, 1.82) is 0 Å². The van der Waals surface area contributed by atoms with Crippen molar-refractivity contribution in [3.05, 3.63) is 0 Å². The normalized spacial score (nSPS) is 20.7. The van der Waals surface area contributed by atoms with Crippen LogP contribution in [0.2, 0.25) is 0 Å². The maximum Gasteiger partial charge on any atom is 0.274 e. The summed E-state index contributed by atoms with van der Waals surface area (Å²) in [4.78, 5) is 2.27.